The van der Waals surface area contributed by atoms with Gasteiger partial charge in [0.15, 0.2) is 11.1 Å². The Labute approximate surface area is 380 Å². The number of carbonyl (C=O) groups is 2. The van der Waals surface area contributed by atoms with Crippen LogP contribution >= 0.6 is 12.6 Å². The molecule has 2 aromatic rings. The minimum Gasteiger partial charge on any atom is -0.480 e. The number of rotatable bonds is 21. The third-order valence-corrected chi connectivity index (χ3v) is 14.6. The molecule has 1 aliphatic heterocycles. The summed E-state index contributed by atoms with van der Waals surface area (Å²) in [6, 6.07) is 8.19. The maximum absolute atomic E-state index is 13.9. The molecule has 64 heavy (non-hydrogen) atoms. The Morgan fingerprint density at radius 1 is 0.859 bits per heavy atom. The Kier molecular flexibility index (Phi) is 16.8. The molecule has 0 saturated carbocycles. The van der Waals surface area contributed by atoms with Crippen LogP contribution in [0.5, 0.6) is 0 Å². The number of benzene rings is 2. The zero-order valence-corrected chi connectivity index (χ0v) is 39.8. The summed E-state index contributed by atoms with van der Waals surface area (Å²) in [7, 11) is -18.0. The van der Waals surface area contributed by atoms with Crippen LogP contribution in [-0.2, 0) is 61.9 Å². The lowest BCUT2D eigenvalue weighted by Crippen LogP contribution is -2.49. The minimum atomic E-state index is -4.58. The van der Waals surface area contributed by atoms with Crippen LogP contribution in [0.4, 0.5) is 11.4 Å². The minimum absolute atomic E-state index is 0.00610. The predicted octanol–water partition coefficient (Wildman–Crippen LogP) is 4.79. The number of anilines is 1. The lowest BCUT2D eigenvalue weighted by molar-refractivity contribution is -0.437. The largest absolute Gasteiger partial charge is 0.480 e. The summed E-state index contributed by atoms with van der Waals surface area (Å²) >= 11 is 4.36. The molecule has 18 nitrogen and oxygen atoms in total. The smallest absolute Gasteiger partial charge is 0.319 e. The molecular weight excluding hydrogens is 935 g/mol. The summed E-state index contributed by atoms with van der Waals surface area (Å²) in [4.78, 5) is 28.2. The average molecular weight is 989 g/mol. The average Bonchev–Trinajstić information content (AvgIpc) is 3.40. The quantitative estimate of drug-likeness (QED) is 0.0383. The number of amides is 1. The monoisotopic (exact) mass is 988 g/mol. The SMILES string of the molecule is CC/C(=C\C=C1C=C(/C=C/C2=[N+](CCCS)c3ccc(S(=O)(=O)O)cc3C2(C)C)CC(C(=O)O)(C(=O)NCCS(=O)(=O)O)C\1)N(CCCS(=O)(=O)O)c1ccc(S(=O)(=O)O)cc1CC. The summed E-state index contributed by atoms with van der Waals surface area (Å²) in [6.45, 7) is 7.10. The van der Waals surface area contributed by atoms with Gasteiger partial charge >= 0.3 is 5.97 Å². The van der Waals surface area contributed by atoms with E-state index in [2.05, 4.69) is 17.9 Å². The Hall–Kier alpha value is -4.20. The summed E-state index contributed by atoms with van der Waals surface area (Å²) in [5.41, 5.74) is 1.00. The first kappa shape index (κ1) is 52.4. The first-order chi connectivity index (χ1) is 29.6. The van der Waals surface area contributed by atoms with E-state index in [9.17, 15) is 66.6 Å². The second kappa shape index (κ2) is 20.5. The third kappa shape index (κ3) is 13.0. The van der Waals surface area contributed by atoms with Crippen LogP contribution in [0.1, 0.15) is 70.9 Å². The van der Waals surface area contributed by atoms with Crippen molar-refractivity contribution in [3.05, 3.63) is 94.7 Å². The molecule has 0 aromatic heterocycles. The topological polar surface area (TPSA) is 290 Å². The maximum atomic E-state index is 13.9. The van der Waals surface area contributed by atoms with Gasteiger partial charge in [-0.15, -0.1) is 0 Å². The number of aryl methyl sites for hydroxylation is 1. The van der Waals surface area contributed by atoms with Gasteiger partial charge in [-0.25, -0.2) is 0 Å². The van der Waals surface area contributed by atoms with Crippen molar-refractivity contribution >= 4 is 82.1 Å². The second-order valence-corrected chi connectivity index (χ2v) is 22.3. The van der Waals surface area contributed by atoms with Gasteiger partial charge in [0.2, 0.25) is 11.6 Å². The molecule has 2 aromatic carbocycles. The molecular formula is C41H54N3O15S5+. The van der Waals surface area contributed by atoms with E-state index in [0.717, 1.165) is 0 Å². The summed E-state index contributed by atoms with van der Waals surface area (Å²) in [5.74, 6) is -3.53. The molecule has 23 heteroatoms. The van der Waals surface area contributed by atoms with Gasteiger partial charge in [0.25, 0.3) is 40.5 Å². The van der Waals surface area contributed by atoms with Gasteiger partial charge in [-0.1, -0.05) is 32.1 Å². The number of carbonyl (C=O) groups excluding carboxylic acids is 1. The van der Waals surface area contributed by atoms with Crippen molar-refractivity contribution in [2.75, 3.05) is 41.8 Å². The zero-order valence-electron chi connectivity index (χ0n) is 35.6. The first-order valence-electron chi connectivity index (χ1n) is 20.0. The number of nitrogens with one attached hydrogen (secondary N) is 1. The highest BCUT2D eigenvalue weighted by atomic mass is 32.2. The first-order valence-corrected chi connectivity index (χ1v) is 26.8. The lowest BCUT2D eigenvalue weighted by atomic mass is 9.71. The van der Waals surface area contributed by atoms with Crippen LogP contribution in [-0.4, -0.2) is 116 Å². The fourth-order valence-corrected chi connectivity index (χ4v) is 9.88. The van der Waals surface area contributed by atoms with E-state index in [1.165, 1.54) is 30.3 Å². The molecule has 4 rings (SSSR count). The molecule has 0 fully saturated rings. The van der Waals surface area contributed by atoms with Gasteiger partial charge in [-0.2, -0.15) is 50.9 Å². The van der Waals surface area contributed by atoms with Crippen molar-refractivity contribution in [1.82, 2.24) is 5.32 Å². The van der Waals surface area contributed by atoms with Crippen molar-refractivity contribution in [2.45, 2.75) is 81.4 Å². The predicted molar refractivity (Wildman–Crippen MR) is 244 cm³/mol. The van der Waals surface area contributed by atoms with Crippen molar-refractivity contribution in [3.8, 4) is 0 Å². The molecule has 1 atom stereocenters. The van der Waals surface area contributed by atoms with Crippen LogP contribution in [0, 0.1) is 5.41 Å². The summed E-state index contributed by atoms with van der Waals surface area (Å²) < 4.78 is 135. The van der Waals surface area contributed by atoms with Crippen molar-refractivity contribution in [2.24, 2.45) is 5.41 Å². The Balaban J connectivity index is 1.92. The van der Waals surface area contributed by atoms with E-state index in [4.69, 9.17) is 0 Å². The van der Waals surface area contributed by atoms with Crippen LogP contribution in [0.2, 0.25) is 0 Å². The van der Waals surface area contributed by atoms with Crippen LogP contribution in [0.25, 0.3) is 0 Å². The number of nitrogens with zero attached hydrogens (tertiary/aromatic N) is 2. The van der Waals surface area contributed by atoms with E-state index >= 15 is 0 Å². The van der Waals surface area contributed by atoms with Gasteiger partial charge in [0, 0.05) is 48.6 Å². The number of fused-ring (bicyclic) bond motifs is 1. The number of thiol groups is 1. The van der Waals surface area contributed by atoms with Crippen molar-refractivity contribution < 1.29 is 71.2 Å². The fraction of sp³-hybridized carbons (Fsp3) is 0.439. The molecule has 1 heterocycles. The zero-order chi connectivity index (χ0) is 48.1. The lowest BCUT2D eigenvalue weighted by Gasteiger charge is -2.33. The number of carboxylic acids is 1. The molecule has 0 bridgehead atoms. The van der Waals surface area contributed by atoms with E-state index < -0.39 is 87.7 Å². The van der Waals surface area contributed by atoms with E-state index in [1.807, 2.05) is 18.4 Å². The second-order valence-electron chi connectivity index (χ2n) is 15.9. The third-order valence-electron chi connectivity index (χ3n) is 11.0. The summed E-state index contributed by atoms with van der Waals surface area (Å²) in [5, 5.41) is 13.1. The highest BCUT2D eigenvalue weighted by molar-refractivity contribution is 7.86. The number of hydrogen-bond donors (Lipinski definition) is 7. The molecule has 1 amide bonds. The molecule has 2 aliphatic rings. The van der Waals surface area contributed by atoms with Crippen molar-refractivity contribution in [3.63, 3.8) is 0 Å². The van der Waals surface area contributed by atoms with Crippen LogP contribution in [0.3, 0.4) is 0 Å². The normalized spacial score (nSPS) is 18.9. The number of aliphatic carboxylic acids is 1. The molecule has 0 saturated heterocycles. The Morgan fingerprint density at radius 3 is 2.05 bits per heavy atom. The van der Waals surface area contributed by atoms with Gasteiger partial charge in [-0.05, 0) is 105 Å². The summed E-state index contributed by atoms with van der Waals surface area (Å²) in [6.07, 6.45) is 8.59. The van der Waals surface area contributed by atoms with Crippen LogP contribution in [0.15, 0.2) is 93.4 Å². The highest BCUT2D eigenvalue weighted by Gasteiger charge is 2.49. The molecule has 1 unspecified atom stereocenters. The van der Waals surface area contributed by atoms with E-state index in [-0.39, 0.29) is 42.0 Å². The Bertz CT molecular complexity index is 2780. The van der Waals surface area contributed by atoms with Gasteiger partial charge in [0.05, 0.1) is 26.7 Å². The van der Waals surface area contributed by atoms with Gasteiger partial charge in [0.1, 0.15) is 6.54 Å². The number of allylic oxidation sites excluding steroid dienone is 8. The standard InChI is InChI=1S/C41H53N3O15S5/c1-5-30-24-32(63(54,55)56)12-14-35(30)43(19-8-21-61(48,49)50)31(6-2)11-9-28-23-29(27-41(26-28,39(46)47)38(45)42-17-22-62(51,52)53)10-16-37-40(3,4)34-25-33(64(57,58)59)13-15-36(34)44(37)18-7-20-60/h9-16,23-25H,5-8,17-22,26-27H2,1-4H3,(H6-,42,45,46,47,48,49,50,51,52,53,54,55,56,57,58,59,60)/p+1. The van der Waals surface area contributed by atoms with Crippen LogP contribution < -0.4 is 10.2 Å². The van der Waals surface area contributed by atoms with Crippen molar-refractivity contribution in [1.29, 1.82) is 0 Å². The van der Waals surface area contributed by atoms with E-state index in [1.54, 1.807) is 55.2 Å². The molecule has 352 valence electrons. The molecule has 0 radical (unpaired) electrons. The highest BCUT2D eigenvalue weighted by Crippen LogP contribution is 2.43. The Morgan fingerprint density at radius 2 is 1.48 bits per heavy atom. The number of hydrogen-bond acceptors (Lipinski definition) is 12. The van der Waals surface area contributed by atoms with Gasteiger partial charge < -0.3 is 15.3 Å². The fourth-order valence-electron chi connectivity index (χ4n) is 7.85. The molecule has 1 aliphatic carbocycles. The molecule has 0 spiro atoms. The van der Waals surface area contributed by atoms with E-state index in [0.29, 0.717) is 63.8 Å². The molecule has 6 N–H and O–H groups in total. The maximum Gasteiger partial charge on any atom is 0.319 e. The van der Waals surface area contributed by atoms with Gasteiger partial charge in [-0.3, -0.25) is 27.8 Å². The number of carboxylic acid groups (broad SMARTS) is 1.